The number of halogens is 2. The van der Waals surface area contributed by atoms with Gasteiger partial charge in [-0.25, -0.2) is 9.48 Å². The molecule has 0 aliphatic carbocycles. The number of hydrogen-bond acceptors (Lipinski definition) is 2. The van der Waals surface area contributed by atoms with Gasteiger partial charge in [0.25, 0.3) is 0 Å². The standard InChI is InChI=1S/C7H6F2N2O2/c1-2-11-4-5(3-10-11)7(8,9)6(12)13/h2-4H,1H2,(H,12,13). The van der Waals surface area contributed by atoms with Crippen LogP contribution in [0.3, 0.4) is 0 Å². The molecule has 0 aliphatic rings. The highest BCUT2D eigenvalue weighted by Gasteiger charge is 2.42. The Labute approximate surface area is 72.1 Å². The van der Waals surface area contributed by atoms with Gasteiger partial charge in [0.05, 0.1) is 11.8 Å². The van der Waals surface area contributed by atoms with E-state index in [0.717, 1.165) is 17.1 Å². The van der Waals surface area contributed by atoms with Crippen LogP contribution in [0.5, 0.6) is 0 Å². The van der Waals surface area contributed by atoms with Gasteiger partial charge in [0.1, 0.15) is 0 Å². The lowest BCUT2D eigenvalue weighted by molar-refractivity contribution is -0.166. The summed E-state index contributed by atoms with van der Waals surface area (Å²) >= 11 is 0. The molecule has 4 nitrogen and oxygen atoms in total. The Bertz CT molecular complexity index is 346. The molecular formula is C7H6F2N2O2. The maximum atomic E-state index is 12.7. The lowest BCUT2D eigenvalue weighted by atomic mass is 10.2. The molecule has 0 fully saturated rings. The summed E-state index contributed by atoms with van der Waals surface area (Å²) in [7, 11) is 0. The molecule has 0 amide bonds. The van der Waals surface area contributed by atoms with Gasteiger partial charge in [-0.05, 0) is 0 Å². The van der Waals surface area contributed by atoms with Crippen molar-refractivity contribution in [1.29, 1.82) is 0 Å². The van der Waals surface area contributed by atoms with Crippen LogP contribution in [-0.4, -0.2) is 20.9 Å². The zero-order valence-corrected chi connectivity index (χ0v) is 6.44. The smallest absolute Gasteiger partial charge is 0.379 e. The molecule has 0 radical (unpaired) electrons. The van der Waals surface area contributed by atoms with Crippen LogP contribution in [-0.2, 0) is 10.7 Å². The van der Waals surface area contributed by atoms with E-state index >= 15 is 0 Å². The average Bonchev–Trinajstić information content (AvgIpc) is 2.51. The van der Waals surface area contributed by atoms with E-state index in [2.05, 4.69) is 11.7 Å². The molecule has 0 saturated heterocycles. The van der Waals surface area contributed by atoms with E-state index in [1.54, 1.807) is 0 Å². The molecule has 1 N–H and O–H groups in total. The average molecular weight is 188 g/mol. The van der Waals surface area contributed by atoms with Gasteiger partial charge in [-0.15, -0.1) is 0 Å². The van der Waals surface area contributed by atoms with Crippen molar-refractivity contribution in [3.05, 3.63) is 24.5 Å². The molecule has 1 aromatic rings. The fourth-order valence-corrected chi connectivity index (χ4v) is 0.723. The molecular weight excluding hydrogens is 182 g/mol. The third-order valence-corrected chi connectivity index (χ3v) is 1.42. The molecule has 1 aromatic heterocycles. The first-order chi connectivity index (χ1) is 5.98. The lowest BCUT2D eigenvalue weighted by Crippen LogP contribution is -2.24. The normalized spacial score (nSPS) is 11.2. The van der Waals surface area contributed by atoms with Crippen LogP contribution < -0.4 is 0 Å². The third-order valence-electron chi connectivity index (χ3n) is 1.42. The first kappa shape index (κ1) is 9.37. The Morgan fingerprint density at radius 3 is 2.77 bits per heavy atom. The minimum absolute atomic E-state index is 0.667. The topological polar surface area (TPSA) is 55.1 Å². The Morgan fingerprint density at radius 1 is 1.77 bits per heavy atom. The highest BCUT2D eigenvalue weighted by atomic mass is 19.3. The van der Waals surface area contributed by atoms with Crippen molar-refractivity contribution in [3.63, 3.8) is 0 Å². The minimum atomic E-state index is -3.90. The molecule has 70 valence electrons. The minimum Gasteiger partial charge on any atom is -0.477 e. The maximum Gasteiger partial charge on any atom is 0.379 e. The summed E-state index contributed by atoms with van der Waals surface area (Å²) in [5, 5.41) is 11.6. The van der Waals surface area contributed by atoms with Gasteiger partial charge in [0.15, 0.2) is 0 Å². The van der Waals surface area contributed by atoms with Crippen molar-refractivity contribution < 1.29 is 18.7 Å². The van der Waals surface area contributed by atoms with Crippen LogP contribution in [0.15, 0.2) is 19.0 Å². The maximum absolute atomic E-state index is 12.7. The van der Waals surface area contributed by atoms with Crippen molar-refractivity contribution in [3.8, 4) is 0 Å². The van der Waals surface area contributed by atoms with E-state index < -0.39 is 17.5 Å². The highest BCUT2D eigenvalue weighted by molar-refractivity contribution is 5.77. The number of nitrogens with zero attached hydrogens (tertiary/aromatic N) is 2. The molecule has 0 atom stereocenters. The number of rotatable bonds is 3. The Kier molecular flexibility index (Phi) is 2.14. The molecule has 6 heteroatoms. The Hall–Kier alpha value is -1.72. The van der Waals surface area contributed by atoms with Crippen LogP contribution >= 0.6 is 0 Å². The highest BCUT2D eigenvalue weighted by Crippen LogP contribution is 2.27. The fourth-order valence-electron chi connectivity index (χ4n) is 0.723. The van der Waals surface area contributed by atoms with E-state index in [9.17, 15) is 13.6 Å². The van der Waals surface area contributed by atoms with Gasteiger partial charge in [-0.3, -0.25) is 0 Å². The third kappa shape index (κ3) is 1.56. The van der Waals surface area contributed by atoms with Gasteiger partial charge in [0, 0.05) is 12.4 Å². The monoisotopic (exact) mass is 188 g/mol. The van der Waals surface area contributed by atoms with Crippen molar-refractivity contribution in [2.75, 3.05) is 0 Å². The number of carboxylic acids is 1. The summed E-state index contributed by atoms with van der Waals surface area (Å²) in [5.74, 6) is -6.10. The molecule has 13 heavy (non-hydrogen) atoms. The van der Waals surface area contributed by atoms with Crippen molar-refractivity contribution in [2.24, 2.45) is 0 Å². The first-order valence-corrected chi connectivity index (χ1v) is 3.27. The van der Waals surface area contributed by atoms with Crippen LogP contribution in [0.25, 0.3) is 6.20 Å². The second-order valence-electron chi connectivity index (χ2n) is 2.27. The van der Waals surface area contributed by atoms with E-state index in [1.807, 2.05) is 0 Å². The molecule has 0 unspecified atom stereocenters. The second-order valence-corrected chi connectivity index (χ2v) is 2.27. The molecule has 0 spiro atoms. The number of aromatic nitrogens is 2. The number of carboxylic acid groups (broad SMARTS) is 1. The van der Waals surface area contributed by atoms with E-state index in [1.165, 1.54) is 6.20 Å². The lowest BCUT2D eigenvalue weighted by Gasteiger charge is -2.06. The van der Waals surface area contributed by atoms with E-state index in [-0.39, 0.29) is 0 Å². The van der Waals surface area contributed by atoms with Crippen molar-refractivity contribution in [2.45, 2.75) is 5.92 Å². The zero-order chi connectivity index (χ0) is 10.1. The summed E-state index contributed by atoms with van der Waals surface area (Å²) in [6.45, 7) is 3.28. The molecule has 1 heterocycles. The largest absolute Gasteiger partial charge is 0.477 e. The quantitative estimate of drug-likeness (QED) is 0.774. The predicted molar refractivity (Wildman–Crippen MR) is 40.1 cm³/mol. The van der Waals surface area contributed by atoms with Crippen LogP contribution in [0.2, 0.25) is 0 Å². The molecule has 0 aromatic carbocycles. The van der Waals surface area contributed by atoms with Gasteiger partial charge in [-0.1, -0.05) is 6.58 Å². The Morgan fingerprint density at radius 2 is 2.38 bits per heavy atom. The first-order valence-electron chi connectivity index (χ1n) is 3.27. The summed E-state index contributed by atoms with van der Waals surface area (Å²) in [6, 6.07) is 0. The Balaban J connectivity index is 3.07. The van der Waals surface area contributed by atoms with Crippen molar-refractivity contribution >= 4 is 12.2 Å². The number of aliphatic carboxylic acids is 1. The zero-order valence-electron chi connectivity index (χ0n) is 6.44. The number of alkyl halides is 2. The summed E-state index contributed by atoms with van der Waals surface area (Å²) in [6.07, 6.45) is 2.87. The van der Waals surface area contributed by atoms with Crippen LogP contribution in [0.4, 0.5) is 8.78 Å². The summed E-state index contributed by atoms with van der Waals surface area (Å²) < 4.78 is 26.5. The molecule has 1 rings (SSSR count). The predicted octanol–water partition coefficient (Wildman–Crippen LogP) is 1.16. The SMILES string of the molecule is C=Cn1cc(C(F)(F)C(=O)O)cn1. The van der Waals surface area contributed by atoms with Crippen LogP contribution in [0, 0.1) is 0 Å². The van der Waals surface area contributed by atoms with E-state index in [0.29, 0.717) is 0 Å². The number of hydrogen-bond donors (Lipinski definition) is 1. The summed E-state index contributed by atoms with van der Waals surface area (Å²) in [5.41, 5.74) is -0.667. The van der Waals surface area contributed by atoms with Gasteiger partial charge >= 0.3 is 11.9 Å². The van der Waals surface area contributed by atoms with Gasteiger partial charge in [0.2, 0.25) is 0 Å². The van der Waals surface area contributed by atoms with Crippen LogP contribution in [0.1, 0.15) is 5.56 Å². The number of carbonyl (C=O) groups is 1. The van der Waals surface area contributed by atoms with Gasteiger partial charge in [-0.2, -0.15) is 13.9 Å². The summed E-state index contributed by atoms with van der Waals surface area (Å²) in [4.78, 5) is 10.1. The molecule has 0 saturated carbocycles. The second kappa shape index (κ2) is 2.96. The fraction of sp³-hybridized carbons (Fsp3) is 0.143. The molecule has 0 aliphatic heterocycles. The van der Waals surface area contributed by atoms with E-state index in [4.69, 9.17) is 5.11 Å². The molecule has 0 bridgehead atoms. The van der Waals surface area contributed by atoms with Crippen molar-refractivity contribution in [1.82, 2.24) is 9.78 Å². The van der Waals surface area contributed by atoms with Gasteiger partial charge < -0.3 is 5.11 Å².